The lowest BCUT2D eigenvalue weighted by Gasteiger charge is -2.01. The van der Waals surface area contributed by atoms with Crippen LogP contribution in [-0.4, -0.2) is 5.78 Å². The van der Waals surface area contributed by atoms with Crippen molar-refractivity contribution in [2.75, 3.05) is 0 Å². The van der Waals surface area contributed by atoms with Gasteiger partial charge in [-0.05, 0) is 19.3 Å². The first-order valence-corrected chi connectivity index (χ1v) is 6.45. The van der Waals surface area contributed by atoms with Crippen molar-refractivity contribution in [3.63, 3.8) is 0 Å². The van der Waals surface area contributed by atoms with Crippen LogP contribution in [0.2, 0.25) is 0 Å². The molecule has 0 aromatic carbocycles. The van der Waals surface area contributed by atoms with Crippen LogP contribution < -0.4 is 0 Å². The average Bonchev–Trinajstić information content (AvgIpc) is 2.48. The highest BCUT2D eigenvalue weighted by atomic mass is 79.9. The van der Waals surface area contributed by atoms with Crippen LogP contribution in [0.1, 0.15) is 58.3 Å². The zero-order chi connectivity index (χ0) is 10.4. The molecule has 0 N–H and O–H groups in total. The fourth-order valence-electron chi connectivity index (χ4n) is 1.86. The molecule has 2 heteroatoms. The first kappa shape index (κ1) is 12.0. The van der Waals surface area contributed by atoms with Crippen LogP contribution in [0.4, 0.5) is 0 Å². The SMILES string of the molecule is CCCCCCCC1=C(Br)CCC1=O. The molecule has 0 spiro atoms. The third-order valence-electron chi connectivity index (χ3n) is 2.77. The predicted molar refractivity (Wildman–Crippen MR) is 63.6 cm³/mol. The van der Waals surface area contributed by atoms with E-state index in [1.807, 2.05) is 0 Å². The summed E-state index contributed by atoms with van der Waals surface area (Å²) in [5.74, 6) is 0.368. The number of Topliss-reactive ketones (excluding diaryl/α,β-unsaturated/α-hetero) is 1. The van der Waals surface area contributed by atoms with Crippen LogP contribution in [-0.2, 0) is 4.79 Å². The standard InChI is InChI=1S/C12H19BrO/c1-2-3-4-5-6-7-10-11(13)8-9-12(10)14/h2-9H2,1H3. The van der Waals surface area contributed by atoms with Gasteiger partial charge in [0, 0.05) is 16.5 Å². The van der Waals surface area contributed by atoms with Gasteiger partial charge in [-0.15, -0.1) is 0 Å². The molecule has 0 aromatic rings. The Labute approximate surface area is 95.1 Å². The fraction of sp³-hybridized carbons (Fsp3) is 0.750. The Balaban J connectivity index is 2.18. The van der Waals surface area contributed by atoms with E-state index in [0.717, 1.165) is 29.3 Å². The number of carbonyl (C=O) groups excluding carboxylic acids is 1. The number of unbranched alkanes of at least 4 members (excludes halogenated alkanes) is 4. The van der Waals surface area contributed by atoms with Crippen molar-refractivity contribution in [3.05, 3.63) is 10.1 Å². The molecule has 1 rings (SSSR count). The topological polar surface area (TPSA) is 17.1 Å². The zero-order valence-electron chi connectivity index (χ0n) is 8.94. The molecule has 0 unspecified atom stereocenters. The summed E-state index contributed by atoms with van der Waals surface area (Å²) in [6.45, 7) is 2.22. The van der Waals surface area contributed by atoms with Crippen molar-refractivity contribution in [2.24, 2.45) is 0 Å². The molecule has 0 fully saturated rings. The van der Waals surface area contributed by atoms with Crippen molar-refractivity contribution in [3.8, 4) is 0 Å². The second kappa shape index (κ2) is 6.39. The minimum atomic E-state index is 0.368. The summed E-state index contributed by atoms with van der Waals surface area (Å²) in [6, 6.07) is 0. The lowest BCUT2D eigenvalue weighted by atomic mass is 10.0. The molecule has 80 valence electrons. The minimum absolute atomic E-state index is 0.368. The predicted octanol–water partition coefficient (Wildman–Crippen LogP) is 4.36. The zero-order valence-corrected chi connectivity index (χ0v) is 10.5. The van der Waals surface area contributed by atoms with Crippen LogP contribution in [0.15, 0.2) is 10.1 Å². The summed E-state index contributed by atoms with van der Waals surface area (Å²) in [5.41, 5.74) is 1.07. The van der Waals surface area contributed by atoms with E-state index in [1.165, 1.54) is 32.1 Å². The molecular formula is C12H19BrO. The van der Waals surface area contributed by atoms with Gasteiger partial charge >= 0.3 is 0 Å². The third kappa shape index (κ3) is 3.56. The van der Waals surface area contributed by atoms with E-state index >= 15 is 0 Å². The molecule has 0 bridgehead atoms. The average molecular weight is 259 g/mol. The van der Waals surface area contributed by atoms with Gasteiger partial charge in [-0.2, -0.15) is 0 Å². The van der Waals surface area contributed by atoms with Gasteiger partial charge in [-0.25, -0.2) is 0 Å². The molecule has 1 aliphatic rings. The summed E-state index contributed by atoms with van der Waals surface area (Å²) in [4.78, 5) is 11.4. The van der Waals surface area contributed by atoms with Gasteiger partial charge in [-0.3, -0.25) is 4.79 Å². The summed E-state index contributed by atoms with van der Waals surface area (Å²) < 4.78 is 1.16. The summed E-state index contributed by atoms with van der Waals surface area (Å²) >= 11 is 3.49. The van der Waals surface area contributed by atoms with Gasteiger partial charge in [-0.1, -0.05) is 48.5 Å². The Kier molecular flexibility index (Phi) is 5.46. The van der Waals surface area contributed by atoms with Crippen LogP contribution in [0, 0.1) is 0 Å². The number of carbonyl (C=O) groups is 1. The van der Waals surface area contributed by atoms with E-state index in [4.69, 9.17) is 0 Å². The van der Waals surface area contributed by atoms with Crippen LogP contribution in [0.5, 0.6) is 0 Å². The highest BCUT2D eigenvalue weighted by Crippen LogP contribution is 2.30. The molecule has 0 aromatic heterocycles. The first-order valence-electron chi connectivity index (χ1n) is 5.66. The second-order valence-corrected chi connectivity index (χ2v) is 4.93. The van der Waals surface area contributed by atoms with E-state index in [9.17, 15) is 4.79 Å². The lowest BCUT2D eigenvalue weighted by Crippen LogP contribution is -1.95. The molecule has 14 heavy (non-hydrogen) atoms. The normalized spacial score (nSPS) is 16.9. The van der Waals surface area contributed by atoms with Gasteiger partial charge < -0.3 is 0 Å². The van der Waals surface area contributed by atoms with Crippen molar-refractivity contribution >= 4 is 21.7 Å². The van der Waals surface area contributed by atoms with E-state index in [0.29, 0.717) is 5.78 Å². The molecule has 1 nitrogen and oxygen atoms in total. The minimum Gasteiger partial charge on any atom is -0.295 e. The fourth-order valence-corrected chi connectivity index (χ4v) is 2.47. The van der Waals surface area contributed by atoms with E-state index < -0.39 is 0 Å². The molecule has 0 saturated heterocycles. The smallest absolute Gasteiger partial charge is 0.160 e. The van der Waals surface area contributed by atoms with Gasteiger partial charge in [0.1, 0.15) is 0 Å². The molecule has 0 saturated carbocycles. The van der Waals surface area contributed by atoms with Crippen LogP contribution >= 0.6 is 15.9 Å². The summed E-state index contributed by atoms with van der Waals surface area (Å²) in [6.07, 6.45) is 9.02. The Bertz CT molecular complexity index is 230. The quantitative estimate of drug-likeness (QED) is 0.648. The number of rotatable bonds is 6. The number of hydrogen-bond acceptors (Lipinski definition) is 1. The van der Waals surface area contributed by atoms with Gasteiger partial charge in [0.2, 0.25) is 0 Å². The highest BCUT2D eigenvalue weighted by molar-refractivity contribution is 9.11. The van der Waals surface area contributed by atoms with Gasteiger partial charge in [0.25, 0.3) is 0 Å². The number of allylic oxidation sites excluding steroid dienone is 2. The maximum absolute atomic E-state index is 11.4. The van der Waals surface area contributed by atoms with E-state index in [-0.39, 0.29) is 0 Å². The third-order valence-corrected chi connectivity index (χ3v) is 3.64. The summed E-state index contributed by atoms with van der Waals surface area (Å²) in [7, 11) is 0. The van der Waals surface area contributed by atoms with E-state index in [1.54, 1.807) is 0 Å². The Morgan fingerprint density at radius 2 is 1.86 bits per heavy atom. The molecule has 1 aliphatic carbocycles. The molecule has 0 atom stereocenters. The number of halogens is 1. The highest BCUT2D eigenvalue weighted by Gasteiger charge is 2.20. The van der Waals surface area contributed by atoms with Crippen molar-refractivity contribution in [2.45, 2.75) is 58.3 Å². The number of hydrogen-bond donors (Lipinski definition) is 0. The van der Waals surface area contributed by atoms with Crippen LogP contribution in [0.25, 0.3) is 0 Å². The molecule has 0 amide bonds. The lowest BCUT2D eigenvalue weighted by molar-refractivity contribution is -0.115. The van der Waals surface area contributed by atoms with Crippen molar-refractivity contribution < 1.29 is 4.79 Å². The maximum Gasteiger partial charge on any atom is 0.160 e. The molecule has 0 heterocycles. The number of ketones is 1. The van der Waals surface area contributed by atoms with E-state index in [2.05, 4.69) is 22.9 Å². The van der Waals surface area contributed by atoms with Crippen molar-refractivity contribution in [1.82, 2.24) is 0 Å². The van der Waals surface area contributed by atoms with Crippen molar-refractivity contribution in [1.29, 1.82) is 0 Å². The maximum atomic E-state index is 11.4. The molecule has 0 aliphatic heterocycles. The Morgan fingerprint density at radius 1 is 1.14 bits per heavy atom. The van der Waals surface area contributed by atoms with Crippen LogP contribution in [0.3, 0.4) is 0 Å². The van der Waals surface area contributed by atoms with Gasteiger partial charge in [0.05, 0.1) is 0 Å². The Hall–Kier alpha value is -0.110. The summed E-state index contributed by atoms with van der Waals surface area (Å²) in [5, 5.41) is 0. The monoisotopic (exact) mass is 258 g/mol. The second-order valence-electron chi connectivity index (χ2n) is 3.97. The molecular weight excluding hydrogens is 240 g/mol. The molecule has 0 radical (unpaired) electrons. The largest absolute Gasteiger partial charge is 0.295 e. The van der Waals surface area contributed by atoms with Gasteiger partial charge in [0.15, 0.2) is 5.78 Å². The Morgan fingerprint density at radius 3 is 2.43 bits per heavy atom. The first-order chi connectivity index (χ1) is 6.75.